The third kappa shape index (κ3) is 1.13. The van der Waals surface area contributed by atoms with Crippen LogP contribution in [-0.2, 0) is 0 Å². The fraction of sp³-hybridized carbons (Fsp3) is 0.100. The molecule has 13 heavy (non-hydrogen) atoms. The minimum atomic E-state index is -0.436. The molecule has 0 saturated carbocycles. The van der Waals surface area contributed by atoms with Gasteiger partial charge < -0.3 is 4.42 Å². The van der Waals surface area contributed by atoms with E-state index in [4.69, 9.17) is 4.42 Å². The van der Waals surface area contributed by atoms with Crippen LogP contribution in [0.25, 0.3) is 11.0 Å². The summed E-state index contributed by atoms with van der Waals surface area (Å²) < 4.78 is 18.2. The first-order chi connectivity index (χ1) is 6.22. The molecule has 0 unspecified atom stereocenters. The van der Waals surface area contributed by atoms with Crippen LogP contribution in [0.2, 0.25) is 0 Å². The number of fused-ring (bicyclic) bond motifs is 1. The lowest BCUT2D eigenvalue weighted by Crippen LogP contribution is -1.82. The summed E-state index contributed by atoms with van der Waals surface area (Å²) in [7, 11) is 0. The van der Waals surface area contributed by atoms with Crippen LogP contribution in [0.4, 0.5) is 4.39 Å². The average Bonchev–Trinajstić information content (AvgIpc) is 2.48. The highest BCUT2D eigenvalue weighted by Gasteiger charge is 2.09. The standard InChI is InChI=1S/C10H7FO2/c1-6-4-8-7(5-12)2-3-9(11)10(8)13-6/h2-5H,1H3. The molecule has 3 heteroatoms. The maximum Gasteiger partial charge on any atom is 0.170 e. The molecule has 0 aliphatic rings. The van der Waals surface area contributed by atoms with E-state index in [2.05, 4.69) is 0 Å². The number of benzene rings is 1. The minimum absolute atomic E-state index is 0.155. The molecule has 0 aliphatic carbocycles. The van der Waals surface area contributed by atoms with E-state index in [1.165, 1.54) is 12.1 Å². The number of halogens is 1. The highest BCUT2D eigenvalue weighted by molar-refractivity contribution is 5.96. The van der Waals surface area contributed by atoms with Crippen LogP contribution >= 0.6 is 0 Å². The van der Waals surface area contributed by atoms with E-state index in [1.807, 2.05) is 0 Å². The Bertz CT molecular complexity index is 471. The first-order valence-electron chi connectivity index (χ1n) is 3.86. The van der Waals surface area contributed by atoms with Gasteiger partial charge in [-0.1, -0.05) is 0 Å². The summed E-state index contributed by atoms with van der Waals surface area (Å²) in [5.74, 6) is 0.164. The van der Waals surface area contributed by atoms with Crippen molar-refractivity contribution in [3.05, 3.63) is 35.3 Å². The number of aldehydes is 1. The van der Waals surface area contributed by atoms with Gasteiger partial charge in [0.1, 0.15) is 5.76 Å². The summed E-state index contributed by atoms with van der Waals surface area (Å²) in [5, 5.41) is 0.535. The van der Waals surface area contributed by atoms with Crippen LogP contribution < -0.4 is 0 Å². The maximum atomic E-state index is 13.1. The summed E-state index contributed by atoms with van der Waals surface area (Å²) in [5.41, 5.74) is 0.607. The number of hydrogen-bond acceptors (Lipinski definition) is 2. The first kappa shape index (κ1) is 7.98. The zero-order chi connectivity index (χ0) is 9.42. The molecule has 0 fully saturated rings. The lowest BCUT2D eigenvalue weighted by molar-refractivity contribution is 0.112. The van der Waals surface area contributed by atoms with Gasteiger partial charge >= 0.3 is 0 Å². The molecule has 0 amide bonds. The molecule has 1 aromatic carbocycles. The van der Waals surface area contributed by atoms with Gasteiger partial charge in [0, 0.05) is 10.9 Å². The molecule has 0 bridgehead atoms. The van der Waals surface area contributed by atoms with Crippen LogP contribution in [0.15, 0.2) is 22.6 Å². The van der Waals surface area contributed by atoms with Gasteiger partial charge in [0.05, 0.1) is 0 Å². The second-order valence-electron chi connectivity index (χ2n) is 2.85. The Balaban J connectivity index is 2.91. The number of hydrogen-bond donors (Lipinski definition) is 0. The smallest absolute Gasteiger partial charge is 0.170 e. The second-order valence-corrected chi connectivity index (χ2v) is 2.85. The zero-order valence-corrected chi connectivity index (χ0v) is 7.00. The molecule has 2 rings (SSSR count). The van der Waals surface area contributed by atoms with Crippen molar-refractivity contribution in [1.29, 1.82) is 0 Å². The van der Waals surface area contributed by atoms with Gasteiger partial charge in [-0.3, -0.25) is 4.79 Å². The molecule has 0 aliphatic heterocycles. The van der Waals surface area contributed by atoms with Crippen LogP contribution in [0.1, 0.15) is 16.1 Å². The van der Waals surface area contributed by atoms with Gasteiger partial charge in [-0.25, -0.2) is 4.39 Å². The molecular weight excluding hydrogens is 171 g/mol. The van der Waals surface area contributed by atoms with Crippen molar-refractivity contribution >= 4 is 17.3 Å². The number of furan rings is 1. The number of aryl methyl sites for hydroxylation is 1. The van der Waals surface area contributed by atoms with E-state index in [-0.39, 0.29) is 5.58 Å². The van der Waals surface area contributed by atoms with Gasteiger partial charge in [-0.15, -0.1) is 0 Å². The average molecular weight is 178 g/mol. The van der Waals surface area contributed by atoms with Crippen molar-refractivity contribution in [2.45, 2.75) is 6.92 Å². The normalized spacial score (nSPS) is 10.6. The Morgan fingerprint density at radius 2 is 2.23 bits per heavy atom. The fourth-order valence-electron chi connectivity index (χ4n) is 1.34. The van der Waals surface area contributed by atoms with Crippen LogP contribution in [0.3, 0.4) is 0 Å². The largest absolute Gasteiger partial charge is 0.458 e. The Morgan fingerprint density at radius 3 is 2.92 bits per heavy atom. The van der Waals surface area contributed by atoms with Crippen molar-refractivity contribution < 1.29 is 13.6 Å². The molecule has 1 heterocycles. The van der Waals surface area contributed by atoms with E-state index in [1.54, 1.807) is 13.0 Å². The van der Waals surface area contributed by atoms with E-state index in [0.29, 0.717) is 23.0 Å². The third-order valence-electron chi connectivity index (χ3n) is 1.92. The number of rotatable bonds is 1. The second kappa shape index (κ2) is 2.69. The van der Waals surface area contributed by atoms with Gasteiger partial charge in [-0.05, 0) is 25.1 Å². The number of carbonyl (C=O) groups excluding carboxylic acids is 1. The molecule has 0 spiro atoms. The Labute approximate surface area is 74.0 Å². The molecule has 0 saturated heterocycles. The Kier molecular flexibility index (Phi) is 1.65. The van der Waals surface area contributed by atoms with Crippen molar-refractivity contribution in [3.63, 3.8) is 0 Å². The van der Waals surface area contributed by atoms with Crippen molar-refractivity contribution in [1.82, 2.24) is 0 Å². The predicted octanol–water partition coefficient (Wildman–Crippen LogP) is 2.69. The quantitative estimate of drug-likeness (QED) is 0.628. The molecule has 0 radical (unpaired) electrons. The lowest BCUT2D eigenvalue weighted by atomic mass is 10.1. The highest BCUT2D eigenvalue weighted by atomic mass is 19.1. The maximum absolute atomic E-state index is 13.1. The predicted molar refractivity (Wildman–Crippen MR) is 46.3 cm³/mol. The molecular formula is C10H7FO2. The summed E-state index contributed by atoms with van der Waals surface area (Å²) >= 11 is 0. The van der Waals surface area contributed by atoms with Crippen molar-refractivity contribution in [2.75, 3.05) is 0 Å². The summed E-state index contributed by atoms with van der Waals surface area (Å²) in [6.45, 7) is 1.72. The van der Waals surface area contributed by atoms with Gasteiger partial charge in [-0.2, -0.15) is 0 Å². The van der Waals surface area contributed by atoms with E-state index in [9.17, 15) is 9.18 Å². The lowest BCUT2D eigenvalue weighted by Gasteiger charge is -1.93. The number of carbonyl (C=O) groups is 1. The SMILES string of the molecule is Cc1cc2c(C=O)ccc(F)c2o1. The summed E-state index contributed by atoms with van der Waals surface area (Å²) in [6, 6.07) is 4.33. The Morgan fingerprint density at radius 1 is 1.46 bits per heavy atom. The molecule has 1 aromatic heterocycles. The third-order valence-corrected chi connectivity index (χ3v) is 1.92. The van der Waals surface area contributed by atoms with Crippen molar-refractivity contribution in [2.24, 2.45) is 0 Å². The topological polar surface area (TPSA) is 30.2 Å². The zero-order valence-electron chi connectivity index (χ0n) is 7.00. The molecule has 2 aromatic rings. The van der Waals surface area contributed by atoms with E-state index in [0.717, 1.165) is 0 Å². The van der Waals surface area contributed by atoms with E-state index < -0.39 is 5.82 Å². The summed E-state index contributed by atoms with van der Waals surface area (Å²) in [4.78, 5) is 10.6. The Hall–Kier alpha value is -1.64. The van der Waals surface area contributed by atoms with Gasteiger partial charge in [0.2, 0.25) is 0 Å². The first-order valence-corrected chi connectivity index (χ1v) is 3.86. The minimum Gasteiger partial charge on any atom is -0.458 e. The molecule has 0 atom stereocenters. The van der Waals surface area contributed by atoms with E-state index >= 15 is 0 Å². The van der Waals surface area contributed by atoms with Crippen molar-refractivity contribution in [3.8, 4) is 0 Å². The fourth-order valence-corrected chi connectivity index (χ4v) is 1.34. The molecule has 2 nitrogen and oxygen atoms in total. The van der Waals surface area contributed by atoms with Crippen LogP contribution in [-0.4, -0.2) is 6.29 Å². The van der Waals surface area contributed by atoms with Crippen LogP contribution in [0, 0.1) is 12.7 Å². The molecule has 66 valence electrons. The molecule has 0 N–H and O–H groups in total. The van der Waals surface area contributed by atoms with Crippen LogP contribution in [0.5, 0.6) is 0 Å². The van der Waals surface area contributed by atoms with Gasteiger partial charge in [0.25, 0.3) is 0 Å². The summed E-state index contributed by atoms with van der Waals surface area (Å²) in [6.07, 6.45) is 0.691. The monoisotopic (exact) mass is 178 g/mol. The van der Waals surface area contributed by atoms with Gasteiger partial charge in [0.15, 0.2) is 17.7 Å². The highest BCUT2D eigenvalue weighted by Crippen LogP contribution is 2.24.